The van der Waals surface area contributed by atoms with Gasteiger partial charge in [-0.2, -0.15) is 16.8 Å². The summed E-state index contributed by atoms with van der Waals surface area (Å²) in [4.78, 5) is -0.341. The Hall–Kier alpha value is -1.90. The minimum Gasteiger partial charge on any atom is -0.387 e. The van der Waals surface area contributed by atoms with Crippen LogP contribution in [0.15, 0.2) is 58.3 Å². The third-order valence-corrected chi connectivity index (χ3v) is 7.53. The van der Waals surface area contributed by atoms with Crippen LogP contribution in [0.5, 0.6) is 0 Å². The second-order valence-corrected chi connectivity index (χ2v) is 10.6. The Morgan fingerprint density at radius 1 is 0.781 bits per heavy atom. The number of aryl methyl sites for hydroxylation is 2. The largest absolute Gasteiger partial charge is 0.387 e. The molecule has 0 unspecified atom stereocenters. The molecule has 0 spiro atoms. The van der Waals surface area contributed by atoms with Crippen molar-refractivity contribution in [3.63, 3.8) is 0 Å². The molecule has 0 radical (unpaired) electrons. The molecule has 5 atom stereocenters. The molecular weight excluding hydrogens is 464 g/mol. The van der Waals surface area contributed by atoms with Crippen molar-refractivity contribution in [2.45, 2.75) is 54.3 Å². The van der Waals surface area contributed by atoms with Gasteiger partial charge in [0.15, 0.2) is 12.4 Å². The molecule has 0 amide bonds. The predicted molar refractivity (Wildman–Crippen MR) is 110 cm³/mol. The molecule has 1 saturated heterocycles. The molecule has 1 heterocycles. The van der Waals surface area contributed by atoms with Crippen LogP contribution in [0.2, 0.25) is 0 Å². The summed E-state index contributed by atoms with van der Waals surface area (Å²) in [5.41, 5.74) is 1.65. The summed E-state index contributed by atoms with van der Waals surface area (Å²) in [6, 6.07) is 11.5. The monoisotopic (exact) mass is 488 g/mol. The van der Waals surface area contributed by atoms with Gasteiger partial charge < -0.3 is 20.1 Å². The summed E-state index contributed by atoms with van der Waals surface area (Å²) in [5.74, 6) is 0. The standard InChI is InChI=1S/C20H24O10S2/c1-12-3-7-14(8-4-12)31(24,25)28-11-16-17(21)18(22)19(20(23)29-16)30-32(26,27)15-9-5-13(2)6-10-15/h3-10,16-23H,11H2,1-2H3/t16-,17-,18+,19-,20+/m1/s1. The summed E-state index contributed by atoms with van der Waals surface area (Å²) in [7, 11) is -8.59. The number of hydrogen-bond donors (Lipinski definition) is 3. The molecule has 2 aromatic rings. The number of hydrogen-bond acceptors (Lipinski definition) is 10. The lowest BCUT2D eigenvalue weighted by molar-refractivity contribution is -0.278. The summed E-state index contributed by atoms with van der Waals surface area (Å²) in [6.45, 7) is 2.81. The van der Waals surface area contributed by atoms with Gasteiger partial charge in [0.25, 0.3) is 20.2 Å². The van der Waals surface area contributed by atoms with Gasteiger partial charge in [0.1, 0.15) is 18.3 Å². The molecule has 10 nitrogen and oxygen atoms in total. The van der Waals surface area contributed by atoms with Crippen LogP contribution < -0.4 is 0 Å². The molecule has 12 heteroatoms. The van der Waals surface area contributed by atoms with Crippen LogP contribution in [-0.2, 0) is 33.3 Å². The van der Waals surface area contributed by atoms with E-state index in [1.807, 2.05) is 0 Å². The second kappa shape index (κ2) is 9.53. The highest BCUT2D eigenvalue weighted by Gasteiger charge is 2.47. The molecular formula is C20H24O10S2. The molecule has 3 rings (SSSR count). The lowest BCUT2D eigenvalue weighted by atomic mass is 9.99. The zero-order valence-corrected chi connectivity index (χ0v) is 18.9. The van der Waals surface area contributed by atoms with Crippen molar-refractivity contribution in [3.05, 3.63) is 59.7 Å². The number of aliphatic hydroxyl groups is 3. The van der Waals surface area contributed by atoms with Crippen LogP contribution in [-0.4, -0.2) is 69.5 Å². The molecule has 176 valence electrons. The van der Waals surface area contributed by atoms with Gasteiger partial charge in [-0.1, -0.05) is 35.4 Å². The summed E-state index contributed by atoms with van der Waals surface area (Å²) < 4.78 is 64.4. The number of ether oxygens (including phenoxy) is 1. The van der Waals surface area contributed by atoms with E-state index < -0.39 is 57.5 Å². The molecule has 0 saturated carbocycles. The van der Waals surface area contributed by atoms with Gasteiger partial charge >= 0.3 is 0 Å². The van der Waals surface area contributed by atoms with E-state index in [0.29, 0.717) is 0 Å². The first-order valence-electron chi connectivity index (χ1n) is 9.56. The van der Waals surface area contributed by atoms with Crippen LogP contribution in [0, 0.1) is 13.8 Å². The Kier molecular flexibility index (Phi) is 7.37. The second-order valence-electron chi connectivity index (χ2n) is 7.43. The Morgan fingerprint density at radius 2 is 1.25 bits per heavy atom. The van der Waals surface area contributed by atoms with Gasteiger partial charge in [-0.25, -0.2) is 0 Å². The first-order chi connectivity index (χ1) is 14.9. The highest BCUT2D eigenvalue weighted by molar-refractivity contribution is 7.87. The van der Waals surface area contributed by atoms with Gasteiger partial charge in [-0.05, 0) is 38.1 Å². The lowest BCUT2D eigenvalue weighted by Gasteiger charge is -2.39. The molecule has 0 aromatic heterocycles. The van der Waals surface area contributed by atoms with Crippen LogP contribution in [0.1, 0.15) is 11.1 Å². The maximum atomic E-state index is 12.4. The Balaban J connectivity index is 1.68. The maximum absolute atomic E-state index is 12.4. The van der Waals surface area contributed by atoms with Crippen molar-refractivity contribution in [1.82, 2.24) is 0 Å². The van der Waals surface area contributed by atoms with Crippen LogP contribution in [0.3, 0.4) is 0 Å². The van der Waals surface area contributed by atoms with Gasteiger partial charge in [-0.3, -0.25) is 8.37 Å². The zero-order chi connectivity index (χ0) is 23.7. The van der Waals surface area contributed by atoms with E-state index in [2.05, 4.69) is 0 Å². The van der Waals surface area contributed by atoms with Gasteiger partial charge in [0.05, 0.1) is 16.4 Å². The SMILES string of the molecule is Cc1ccc(S(=O)(=O)OC[C@H]2O[C@H](O)[C@H](OS(=O)(=O)c3ccc(C)cc3)[C@@H](O)[C@@H]2O)cc1. The van der Waals surface area contributed by atoms with Crippen LogP contribution >= 0.6 is 0 Å². The fraction of sp³-hybridized carbons (Fsp3) is 0.400. The van der Waals surface area contributed by atoms with Gasteiger partial charge in [0.2, 0.25) is 0 Å². The topological polar surface area (TPSA) is 157 Å². The van der Waals surface area contributed by atoms with Crippen molar-refractivity contribution < 1.29 is 45.3 Å². The third kappa shape index (κ3) is 5.53. The minimum absolute atomic E-state index is 0.125. The maximum Gasteiger partial charge on any atom is 0.297 e. The first-order valence-corrected chi connectivity index (χ1v) is 12.4. The smallest absolute Gasteiger partial charge is 0.297 e. The summed E-state index contributed by atoms with van der Waals surface area (Å²) in [6.07, 6.45) is -9.01. The van der Waals surface area contributed by atoms with Gasteiger partial charge in [-0.15, -0.1) is 0 Å². The molecule has 1 fully saturated rings. The highest BCUT2D eigenvalue weighted by atomic mass is 32.2. The molecule has 0 bridgehead atoms. The van der Waals surface area contributed by atoms with E-state index >= 15 is 0 Å². The minimum atomic E-state index is -4.40. The molecule has 3 N–H and O–H groups in total. The molecule has 0 aliphatic carbocycles. The Morgan fingerprint density at radius 3 is 1.75 bits per heavy atom. The summed E-state index contributed by atoms with van der Waals surface area (Å²) in [5, 5.41) is 30.8. The van der Waals surface area contributed by atoms with Crippen LogP contribution in [0.4, 0.5) is 0 Å². The first kappa shape index (κ1) is 24.7. The van der Waals surface area contributed by atoms with E-state index in [4.69, 9.17) is 13.1 Å². The van der Waals surface area contributed by atoms with Crippen LogP contribution in [0.25, 0.3) is 0 Å². The lowest BCUT2D eigenvalue weighted by Crippen LogP contribution is -2.60. The van der Waals surface area contributed by atoms with Crippen molar-refractivity contribution in [2.75, 3.05) is 6.61 Å². The molecule has 32 heavy (non-hydrogen) atoms. The van der Waals surface area contributed by atoms with E-state index in [1.165, 1.54) is 36.4 Å². The van der Waals surface area contributed by atoms with E-state index in [0.717, 1.165) is 11.1 Å². The average Bonchev–Trinajstić information content (AvgIpc) is 2.73. The Labute approximate surface area is 186 Å². The average molecular weight is 489 g/mol. The fourth-order valence-corrected chi connectivity index (χ4v) is 5.00. The quantitative estimate of drug-likeness (QED) is 0.461. The fourth-order valence-electron chi connectivity index (χ4n) is 3.00. The molecule has 1 aliphatic heterocycles. The molecule has 1 aliphatic rings. The zero-order valence-electron chi connectivity index (χ0n) is 17.2. The highest BCUT2D eigenvalue weighted by Crippen LogP contribution is 2.27. The number of aliphatic hydroxyl groups excluding tert-OH is 3. The number of benzene rings is 2. The van der Waals surface area contributed by atoms with E-state index in [-0.39, 0.29) is 9.79 Å². The Bertz CT molecular complexity index is 1130. The third-order valence-electron chi connectivity index (χ3n) is 4.91. The van der Waals surface area contributed by atoms with Crippen molar-refractivity contribution >= 4 is 20.2 Å². The summed E-state index contributed by atoms with van der Waals surface area (Å²) >= 11 is 0. The normalized spacial score (nSPS) is 26.7. The van der Waals surface area contributed by atoms with Crippen molar-refractivity contribution in [1.29, 1.82) is 0 Å². The van der Waals surface area contributed by atoms with Gasteiger partial charge in [0, 0.05) is 0 Å². The van der Waals surface area contributed by atoms with Crippen molar-refractivity contribution in [2.24, 2.45) is 0 Å². The van der Waals surface area contributed by atoms with E-state index in [1.54, 1.807) is 26.0 Å². The van der Waals surface area contributed by atoms with Crippen molar-refractivity contribution in [3.8, 4) is 0 Å². The number of rotatable bonds is 7. The molecule has 2 aromatic carbocycles. The predicted octanol–water partition coefficient (Wildman–Crippen LogP) is 0.222. The van der Waals surface area contributed by atoms with E-state index in [9.17, 15) is 32.2 Å².